The van der Waals surface area contributed by atoms with Gasteiger partial charge in [0.2, 0.25) is 0 Å². The summed E-state index contributed by atoms with van der Waals surface area (Å²) >= 11 is 0. The summed E-state index contributed by atoms with van der Waals surface area (Å²) < 4.78 is 17.9. The molecule has 1 aromatic rings. The maximum Gasteiger partial charge on any atom is 0.342 e. The van der Waals surface area contributed by atoms with E-state index in [-0.39, 0.29) is 12.2 Å². The van der Waals surface area contributed by atoms with Gasteiger partial charge in [0.05, 0.1) is 7.11 Å². The third-order valence-corrected chi connectivity index (χ3v) is 2.82. The van der Waals surface area contributed by atoms with Crippen LogP contribution in [-0.4, -0.2) is 18.2 Å². The summed E-state index contributed by atoms with van der Waals surface area (Å²) in [7, 11) is 1.21. The number of hydrogen-bond acceptors (Lipinski definition) is 3. The fourth-order valence-corrected chi connectivity index (χ4v) is 2.02. The van der Waals surface area contributed by atoms with E-state index >= 15 is 0 Å². The van der Waals surface area contributed by atoms with Crippen molar-refractivity contribution < 1.29 is 19.0 Å². The minimum atomic E-state index is -1.67. The lowest BCUT2D eigenvalue weighted by atomic mass is 9.96. The first kappa shape index (κ1) is 10.1. The molecule has 1 atom stereocenters. The van der Waals surface area contributed by atoms with Crippen LogP contribution in [0.2, 0.25) is 0 Å². The van der Waals surface area contributed by atoms with Gasteiger partial charge in [-0.2, -0.15) is 0 Å². The highest BCUT2D eigenvalue weighted by Gasteiger charge is 2.45. The molecule has 4 heteroatoms. The van der Waals surface area contributed by atoms with Crippen molar-refractivity contribution in [3.63, 3.8) is 0 Å². The Morgan fingerprint density at radius 2 is 2.33 bits per heavy atom. The van der Waals surface area contributed by atoms with Crippen molar-refractivity contribution in [2.24, 2.45) is 0 Å². The Bertz CT molecular complexity index is 416. The lowest BCUT2D eigenvalue weighted by Gasteiger charge is -2.20. The topological polar surface area (TPSA) is 46.5 Å². The molecular weight excluding hydrogens is 199 g/mol. The van der Waals surface area contributed by atoms with E-state index in [2.05, 4.69) is 4.74 Å². The third kappa shape index (κ3) is 1.33. The van der Waals surface area contributed by atoms with Crippen LogP contribution in [0.25, 0.3) is 0 Å². The van der Waals surface area contributed by atoms with Gasteiger partial charge >= 0.3 is 5.97 Å². The molecule has 0 saturated carbocycles. The van der Waals surface area contributed by atoms with E-state index in [1.54, 1.807) is 6.07 Å². The molecule has 0 radical (unpaired) electrons. The summed E-state index contributed by atoms with van der Waals surface area (Å²) in [6.45, 7) is 0. The molecule has 1 aromatic carbocycles. The first-order chi connectivity index (χ1) is 7.09. The summed E-state index contributed by atoms with van der Waals surface area (Å²) in [5.41, 5.74) is -0.939. The number of rotatable bonds is 1. The lowest BCUT2D eigenvalue weighted by molar-refractivity contribution is -0.163. The molecule has 0 fully saturated rings. The number of carbonyl (C=O) groups excluding carboxylic acids is 1. The molecule has 0 bridgehead atoms. The summed E-state index contributed by atoms with van der Waals surface area (Å²) in [4.78, 5) is 11.4. The normalized spacial score (nSPS) is 23.7. The second kappa shape index (κ2) is 3.31. The maximum atomic E-state index is 13.3. The van der Waals surface area contributed by atoms with Gasteiger partial charge in [0.1, 0.15) is 5.82 Å². The minimum Gasteiger partial charge on any atom is -0.467 e. The molecule has 1 aliphatic carbocycles. The highest BCUT2D eigenvalue weighted by molar-refractivity contribution is 5.82. The van der Waals surface area contributed by atoms with Crippen LogP contribution in [0, 0.1) is 5.82 Å². The second-order valence-corrected chi connectivity index (χ2v) is 3.62. The second-order valence-electron chi connectivity index (χ2n) is 3.62. The van der Waals surface area contributed by atoms with Crippen LogP contribution in [0.5, 0.6) is 0 Å². The van der Waals surface area contributed by atoms with Crippen LogP contribution >= 0.6 is 0 Å². The molecule has 0 amide bonds. The summed E-state index contributed by atoms with van der Waals surface area (Å²) in [5, 5.41) is 10.1. The zero-order valence-electron chi connectivity index (χ0n) is 8.29. The van der Waals surface area contributed by atoms with Crippen molar-refractivity contribution in [2.75, 3.05) is 7.11 Å². The highest BCUT2D eigenvalue weighted by Crippen LogP contribution is 2.38. The zero-order valence-corrected chi connectivity index (χ0v) is 8.29. The molecule has 3 nitrogen and oxygen atoms in total. The van der Waals surface area contributed by atoms with E-state index in [1.165, 1.54) is 19.2 Å². The van der Waals surface area contributed by atoms with Gasteiger partial charge < -0.3 is 9.84 Å². The van der Waals surface area contributed by atoms with E-state index in [4.69, 9.17) is 0 Å². The number of halogens is 1. The molecule has 0 aromatic heterocycles. The van der Waals surface area contributed by atoms with E-state index in [0.717, 1.165) is 0 Å². The van der Waals surface area contributed by atoms with Gasteiger partial charge in [0.15, 0.2) is 5.60 Å². The molecule has 0 saturated heterocycles. The molecule has 1 aliphatic rings. The van der Waals surface area contributed by atoms with Crippen LogP contribution in [-0.2, 0) is 21.6 Å². The van der Waals surface area contributed by atoms with Crippen LogP contribution in [0.15, 0.2) is 18.2 Å². The maximum absolute atomic E-state index is 13.3. The standard InChI is InChI=1S/C11H11FO3/c1-15-10(13)11(14)6-5-7-8(11)3-2-4-9(7)12/h2-4,14H,5-6H2,1H3. The average Bonchev–Trinajstić information content (AvgIpc) is 2.59. The first-order valence-corrected chi connectivity index (χ1v) is 4.68. The molecule has 80 valence electrons. The summed E-state index contributed by atoms with van der Waals surface area (Å²) in [6, 6.07) is 4.36. The van der Waals surface area contributed by atoms with Gasteiger partial charge in [-0.05, 0) is 24.5 Å². The Morgan fingerprint density at radius 3 is 3.00 bits per heavy atom. The van der Waals surface area contributed by atoms with Gasteiger partial charge in [-0.1, -0.05) is 12.1 Å². The van der Waals surface area contributed by atoms with Crippen molar-refractivity contribution in [3.05, 3.63) is 35.1 Å². The fraction of sp³-hybridized carbons (Fsp3) is 0.364. The Balaban J connectivity index is 2.53. The number of hydrogen-bond donors (Lipinski definition) is 1. The van der Waals surface area contributed by atoms with Gasteiger partial charge in [-0.3, -0.25) is 0 Å². The minimum absolute atomic E-state index is 0.177. The molecule has 0 heterocycles. The molecule has 2 rings (SSSR count). The van der Waals surface area contributed by atoms with Crippen molar-refractivity contribution in [3.8, 4) is 0 Å². The van der Waals surface area contributed by atoms with E-state index in [1.807, 2.05) is 0 Å². The van der Waals surface area contributed by atoms with Crippen LogP contribution in [0.1, 0.15) is 17.5 Å². The Hall–Kier alpha value is -1.42. The third-order valence-electron chi connectivity index (χ3n) is 2.82. The van der Waals surface area contributed by atoms with Crippen molar-refractivity contribution in [2.45, 2.75) is 18.4 Å². The van der Waals surface area contributed by atoms with Gasteiger partial charge in [0, 0.05) is 5.56 Å². The largest absolute Gasteiger partial charge is 0.467 e. The Kier molecular flexibility index (Phi) is 2.23. The van der Waals surface area contributed by atoms with Gasteiger partial charge in [0.25, 0.3) is 0 Å². The molecule has 0 aliphatic heterocycles. The highest BCUT2D eigenvalue weighted by atomic mass is 19.1. The SMILES string of the molecule is COC(=O)C1(O)CCc2c(F)cccc21. The van der Waals surface area contributed by atoms with Crippen molar-refractivity contribution in [1.29, 1.82) is 0 Å². The number of benzene rings is 1. The number of fused-ring (bicyclic) bond motifs is 1. The van der Waals surface area contributed by atoms with Crippen LogP contribution < -0.4 is 0 Å². The zero-order chi connectivity index (χ0) is 11.1. The van der Waals surface area contributed by atoms with Gasteiger partial charge in [-0.25, -0.2) is 9.18 Å². The quantitative estimate of drug-likeness (QED) is 0.707. The van der Waals surface area contributed by atoms with Crippen molar-refractivity contribution in [1.82, 2.24) is 0 Å². The fourth-order valence-electron chi connectivity index (χ4n) is 2.02. The van der Waals surface area contributed by atoms with E-state index < -0.39 is 11.6 Å². The molecular formula is C11H11FO3. The average molecular weight is 210 g/mol. The molecule has 1 N–H and O–H groups in total. The van der Waals surface area contributed by atoms with Crippen LogP contribution in [0.4, 0.5) is 4.39 Å². The Labute approximate surface area is 86.5 Å². The first-order valence-electron chi connectivity index (χ1n) is 4.68. The lowest BCUT2D eigenvalue weighted by Crippen LogP contribution is -2.34. The molecule has 0 spiro atoms. The summed E-state index contributed by atoms with van der Waals surface area (Å²) in [5.74, 6) is -1.11. The number of esters is 1. The number of aliphatic hydroxyl groups is 1. The van der Waals surface area contributed by atoms with E-state index in [0.29, 0.717) is 17.5 Å². The number of ether oxygens (including phenoxy) is 1. The monoisotopic (exact) mass is 210 g/mol. The van der Waals surface area contributed by atoms with Crippen LogP contribution in [0.3, 0.4) is 0 Å². The van der Waals surface area contributed by atoms with Gasteiger partial charge in [-0.15, -0.1) is 0 Å². The van der Waals surface area contributed by atoms with Crippen molar-refractivity contribution >= 4 is 5.97 Å². The smallest absolute Gasteiger partial charge is 0.342 e. The number of methoxy groups -OCH3 is 1. The number of carbonyl (C=O) groups is 1. The predicted molar refractivity (Wildman–Crippen MR) is 50.6 cm³/mol. The molecule has 15 heavy (non-hydrogen) atoms. The Morgan fingerprint density at radius 1 is 1.60 bits per heavy atom. The molecule has 1 unspecified atom stereocenters. The van der Waals surface area contributed by atoms with E-state index in [9.17, 15) is 14.3 Å². The predicted octanol–water partition coefficient (Wildman–Crippen LogP) is 1.13. The summed E-state index contributed by atoms with van der Waals surface area (Å²) in [6.07, 6.45) is 0.531.